The number of carbonyl (C=O) groups is 1. The molecule has 1 unspecified atom stereocenters. The summed E-state index contributed by atoms with van der Waals surface area (Å²) in [5.74, 6) is 0.992. The fourth-order valence-electron chi connectivity index (χ4n) is 2.88. The van der Waals surface area contributed by atoms with E-state index in [1.807, 2.05) is 51.1 Å². The fourth-order valence-corrected chi connectivity index (χ4v) is 2.88. The van der Waals surface area contributed by atoms with Gasteiger partial charge in [0.2, 0.25) is 5.82 Å². The Bertz CT molecular complexity index is 1060. The number of nitrogens with zero attached hydrogens (tertiary/aromatic N) is 5. The largest absolute Gasteiger partial charge is 0.340 e. The van der Waals surface area contributed by atoms with Crippen molar-refractivity contribution in [1.29, 1.82) is 0 Å². The maximum absolute atomic E-state index is 12.7. The molecule has 0 aliphatic rings. The minimum atomic E-state index is -0.353. The molecule has 3 heterocycles. The summed E-state index contributed by atoms with van der Waals surface area (Å²) in [6, 6.07) is 9.31. The van der Waals surface area contributed by atoms with Gasteiger partial charge in [-0.05, 0) is 31.0 Å². The van der Waals surface area contributed by atoms with Crippen molar-refractivity contribution in [2.45, 2.75) is 26.8 Å². The minimum Gasteiger partial charge on any atom is -0.340 e. The highest BCUT2D eigenvalue weighted by Gasteiger charge is 2.24. The molecule has 1 aromatic carbocycles. The maximum atomic E-state index is 12.7. The van der Waals surface area contributed by atoms with Crippen LogP contribution >= 0.6 is 0 Å². The maximum Gasteiger partial charge on any atom is 0.291 e. The monoisotopic (exact) mass is 349 g/mol. The number of amides is 1. The van der Waals surface area contributed by atoms with E-state index in [0.717, 1.165) is 16.7 Å². The van der Waals surface area contributed by atoms with Gasteiger partial charge in [0.1, 0.15) is 5.82 Å². The Kier molecular flexibility index (Phi) is 3.87. The summed E-state index contributed by atoms with van der Waals surface area (Å²) in [4.78, 5) is 29.0. The molecule has 8 heteroatoms. The Morgan fingerprint density at radius 2 is 2.00 bits per heavy atom. The summed E-state index contributed by atoms with van der Waals surface area (Å²) < 4.78 is 1.56. The van der Waals surface area contributed by atoms with Gasteiger partial charge in [0.05, 0.1) is 17.1 Å². The highest BCUT2D eigenvalue weighted by atomic mass is 16.2. The van der Waals surface area contributed by atoms with Gasteiger partial charge in [-0.3, -0.25) is 4.79 Å². The summed E-state index contributed by atoms with van der Waals surface area (Å²) in [6.07, 6.45) is 1.65. The number of aryl methyl sites for hydroxylation is 1. The lowest BCUT2D eigenvalue weighted by Crippen LogP contribution is -2.33. The van der Waals surface area contributed by atoms with Crippen LogP contribution in [0.2, 0.25) is 0 Å². The SMILES string of the molecule is Cc1ccnc2nc(C(=O)NC(c3nc4ccccc4[nH]3)C(C)C)nn12. The fraction of sp³-hybridized carbons (Fsp3) is 0.278. The van der Waals surface area contributed by atoms with Crippen molar-refractivity contribution >= 4 is 22.7 Å². The van der Waals surface area contributed by atoms with E-state index in [0.29, 0.717) is 11.6 Å². The number of hydrogen-bond acceptors (Lipinski definition) is 5. The van der Waals surface area contributed by atoms with Crippen molar-refractivity contribution < 1.29 is 4.79 Å². The second kappa shape index (κ2) is 6.21. The molecule has 0 saturated heterocycles. The van der Waals surface area contributed by atoms with Gasteiger partial charge in [-0.25, -0.2) is 14.5 Å². The van der Waals surface area contributed by atoms with E-state index < -0.39 is 0 Å². The first-order chi connectivity index (χ1) is 12.5. The molecule has 2 N–H and O–H groups in total. The zero-order valence-corrected chi connectivity index (χ0v) is 14.8. The van der Waals surface area contributed by atoms with Gasteiger partial charge in [0, 0.05) is 11.9 Å². The van der Waals surface area contributed by atoms with Crippen LogP contribution in [-0.4, -0.2) is 35.5 Å². The lowest BCUT2D eigenvalue weighted by Gasteiger charge is -2.19. The Hall–Kier alpha value is -3.29. The summed E-state index contributed by atoms with van der Waals surface area (Å²) in [5.41, 5.74) is 2.67. The van der Waals surface area contributed by atoms with E-state index in [2.05, 4.69) is 30.4 Å². The van der Waals surface area contributed by atoms with Crippen LogP contribution in [0, 0.1) is 12.8 Å². The number of nitrogens with one attached hydrogen (secondary N) is 2. The Labute approximate surface area is 149 Å². The third-order valence-electron chi connectivity index (χ3n) is 4.29. The highest BCUT2D eigenvalue weighted by molar-refractivity contribution is 5.91. The van der Waals surface area contributed by atoms with Crippen LogP contribution in [0.25, 0.3) is 16.8 Å². The number of aromatic amines is 1. The number of hydrogen-bond donors (Lipinski definition) is 2. The third-order valence-corrected chi connectivity index (χ3v) is 4.29. The van der Waals surface area contributed by atoms with Crippen molar-refractivity contribution in [3.8, 4) is 0 Å². The molecule has 4 aromatic rings. The van der Waals surface area contributed by atoms with Gasteiger partial charge < -0.3 is 10.3 Å². The van der Waals surface area contributed by atoms with E-state index in [-0.39, 0.29) is 23.7 Å². The molecule has 1 amide bonds. The van der Waals surface area contributed by atoms with Crippen LogP contribution in [0.4, 0.5) is 0 Å². The number of fused-ring (bicyclic) bond motifs is 2. The van der Waals surface area contributed by atoms with E-state index in [1.54, 1.807) is 10.7 Å². The Balaban J connectivity index is 1.65. The number of para-hydroxylation sites is 2. The van der Waals surface area contributed by atoms with E-state index in [1.165, 1.54) is 0 Å². The topological polar surface area (TPSA) is 101 Å². The molecular formula is C18H19N7O. The van der Waals surface area contributed by atoms with Crippen LogP contribution < -0.4 is 5.32 Å². The molecular weight excluding hydrogens is 330 g/mol. The number of aromatic nitrogens is 6. The lowest BCUT2D eigenvalue weighted by atomic mass is 10.0. The first kappa shape index (κ1) is 16.2. The molecule has 1 atom stereocenters. The van der Waals surface area contributed by atoms with Gasteiger partial charge in [0.25, 0.3) is 11.7 Å². The van der Waals surface area contributed by atoms with Crippen molar-refractivity contribution in [3.63, 3.8) is 0 Å². The molecule has 0 radical (unpaired) electrons. The summed E-state index contributed by atoms with van der Waals surface area (Å²) in [7, 11) is 0. The second-order valence-corrected chi connectivity index (χ2v) is 6.57. The van der Waals surface area contributed by atoms with Crippen LogP contribution in [0.5, 0.6) is 0 Å². The quantitative estimate of drug-likeness (QED) is 0.589. The molecule has 26 heavy (non-hydrogen) atoms. The predicted molar refractivity (Wildman–Crippen MR) is 96.7 cm³/mol. The summed E-state index contributed by atoms with van der Waals surface area (Å²) in [5, 5.41) is 7.25. The first-order valence-corrected chi connectivity index (χ1v) is 8.47. The minimum absolute atomic E-state index is 0.0913. The third kappa shape index (κ3) is 2.79. The van der Waals surface area contributed by atoms with Crippen molar-refractivity contribution in [3.05, 3.63) is 53.9 Å². The van der Waals surface area contributed by atoms with Crippen LogP contribution in [0.1, 0.15) is 42.0 Å². The number of imidazole rings is 1. The van der Waals surface area contributed by atoms with Crippen molar-refractivity contribution in [2.24, 2.45) is 5.92 Å². The second-order valence-electron chi connectivity index (χ2n) is 6.57. The molecule has 0 fully saturated rings. The zero-order chi connectivity index (χ0) is 18.3. The van der Waals surface area contributed by atoms with E-state index in [9.17, 15) is 4.79 Å². The van der Waals surface area contributed by atoms with Crippen LogP contribution in [-0.2, 0) is 0 Å². The summed E-state index contributed by atoms with van der Waals surface area (Å²) >= 11 is 0. The highest BCUT2D eigenvalue weighted by Crippen LogP contribution is 2.22. The molecule has 132 valence electrons. The molecule has 0 bridgehead atoms. The lowest BCUT2D eigenvalue weighted by molar-refractivity contribution is 0.0913. The molecule has 0 saturated carbocycles. The Morgan fingerprint density at radius 3 is 2.73 bits per heavy atom. The standard InChI is InChI=1S/C18H19N7O/c1-10(2)14(15-20-12-6-4-5-7-13(12)21-15)22-17(26)16-23-18-19-9-8-11(3)25(18)24-16/h4-10,14H,1-3H3,(H,20,21)(H,22,26). The zero-order valence-electron chi connectivity index (χ0n) is 14.8. The summed E-state index contributed by atoms with van der Waals surface area (Å²) in [6.45, 7) is 5.94. The van der Waals surface area contributed by atoms with Crippen molar-refractivity contribution in [2.75, 3.05) is 0 Å². The van der Waals surface area contributed by atoms with Gasteiger partial charge in [-0.2, -0.15) is 4.98 Å². The smallest absolute Gasteiger partial charge is 0.291 e. The molecule has 4 rings (SSSR count). The molecule has 0 aliphatic heterocycles. The van der Waals surface area contributed by atoms with Crippen LogP contribution in [0.15, 0.2) is 36.5 Å². The van der Waals surface area contributed by atoms with Gasteiger partial charge in [-0.1, -0.05) is 26.0 Å². The molecule has 0 spiro atoms. The molecule has 8 nitrogen and oxygen atoms in total. The van der Waals surface area contributed by atoms with E-state index >= 15 is 0 Å². The molecule has 3 aromatic heterocycles. The predicted octanol–water partition coefficient (Wildman–Crippen LogP) is 2.44. The van der Waals surface area contributed by atoms with E-state index in [4.69, 9.17) is 0 Å². The number of carbonyl (C=O) groups excluding carboxylic acids is 1. The van der Waals surface area contributed by atoms with Crippen LogP contribution in [0.3, 0.4) is 0 Å². The van der Waals surface area contributed by atoms with Gasteiger partial charge in [-0.15, -0.1) is 5.10 Å². The number of benzene rings is 1. The first-order valence-electron chi connectivity index (χ1n) is 8.47. The van der Waals surface area contributed by atoms with Gasteiger partial charge >= 0.3 is 0 Å². The average Bonchev–Trinajstić information content (AvgIpc) is 3.23. The normalized spacial score (nSPS) is 12.8. The average molecular weight is 349 g/mol. The van der Waals surface area contributed by atoms with Gasteiger partial charge in [0.15, 0.2) is 0 Å². The number of rotatable bonds is 4. The van der Waals surface area contributed by atoms with Crippen molar-refractivity contribution in [1.82, 2.24) is 34.9 Å². The Morgan fingerprint density at radius 1 is 1.19 bits per heavy atom. The number of H-pyrrole nitrogens is 1. The molecule has 0 aliphatic carbocycles.